The molecule has 3 aromatic rings. The third kappa shape index (κ3) is 3.51. The van der Waals surface area contributed by atoms with Crippen LogP contribution in [0.5, 0.6) is 5.75 Å². The second-order valence-electron chi connectivity index (χ2n) is 6.16. The van der Waals surface area contributed by atoms with Crippen LogP contribution in [0.2, 0.25) is 0 Å². The molecule has 7 nitrogen and oxygen atoms in total. The highest BCUT2D eigenvalue weighted by atomic mass is 16.5. The van der Waals surface area contributed by atoms with Gasteiger partial charge in [-0.2, -0.15) is 5.10 Å². The average molecular weight is 355 g/mol. The first-order valence-electron chi connectivity index (χ1n) is 8.80. The lowest BCUT2D eigenvalue weighted by atomic mass is 10.1. The first-order chi connectivity index (χ1) is 12.5. The summed E-state index contributed by atoms with van der Waals surface area (Å²) in [5, 5.41) is 11.3. The van der Waals surface area contributed by atoms with Gasteiger partial charge in [0.2, 0.25) is 0 Å². The zero-order valence-electron chi connectivity index (χ0n) is 15.6. The van der Waals surface area contributed by atoms with Gasteiger partial charge in [0.25, 0.3) is 0 Å². The molecule has 2 amide bonds. The highest BCUT2D eigenvalue weighted by Gasteiger charge is 2.15. The first-order valence-corrected chi connectivity index (χ1v) is 8.80. The number of nitrogens with zero attached hydrogens (tertiary/aromatic N) is 2. The molecular formula is C19H25N5O2. The highest BCUT2D eigenvalue weighted by molar-refractivity contribution is 5.89. The summed E-state index contributed by atoms with van der Waals surface area (Å²) < 4.78 is 6.97. The molecule has 2 aromatic heterocycles. The van der Waals surface area contributed by atoms with Crippen molar-refractivity contribution in [1.29, 1.82) is 0 Å². The maximum Gasteiger partial charge on any atom is 0.320 e. The van der Waals surface area contributed by atoms with Crippen molar-refractivity contribution in [2.45, 2.75) is 33.2 Å². The summed E-state index contributed by atoms with van der Waals surface area (Å²) in [5.41, 5.74) is 4.05. The number of nitrogens with one attached hydrogen (secondary N) is 3. The van der Waals surface area contributed by atoms with Crippen molar-refractivity contribution >= 4 is 22.8 Å². The molecule has 0 fully saturated rings. The summed E-state index contributed by atoms with van der Waals surface area (Å²) in [5.74, 6) is 1.56. The van der Waals surface area contributed by atoms with E-state index in [1.807, 2.05) is 31.3 Å². The average Bonchev–Trinajstić information content (AvgIpc) is 3.19. The van der Waals surface area contributed by atoms with E-state index in [1.165, 1.54) is 0 Å². The van der Waals surface area contributed by atoms with Gasteiger partial charge in [-0.3, -0.25) is 10.00 Å². The summed E-state index contributed by atoms with van der Waals surface area (Å²) in [7, 11) is 3.49. The number of amides is 2. The Balaban J connectivity index is 1.67. The standard InChI is InChI=1S/C19H25N5O2/c1-5-15-16(6-2)23-24(3)18(15)22-19(25)20-11-13-9-12-10-14(26-4)7-8-17(12)21-13/h7-10,21H,5-6,11H2,1-4H3,(H2,20,22,25). The van der Waals surface area contributed by atoms with Crippen LogP contribution in [0.25, 0.3) is 10.9 Å². The van der Waals surface area contributed by atoms with Gasteiger partial charge in [0, 0.05) is 29.2 Å². The second kappa shape index (κ2) is 7.51. The number of urea groups is 1. The van der Waals surface area contributed by atoms with Crippen molar-refractivity contribution in [3.05, 3.63) is 41.2 Å². The van der Waals surface area contributed by atoms with Crippen molar-refractivity contribution in [3.8, 4) is 5.75 Å². The predicted octanol–water partition coefficient (Wildman–Crippen LogP) is 3.36. The van der Waals surface area contributed by atoms with Crippen molar-refractivity contribution < 1.29 is 9.53 Å². The Bertz CT molecular complexity index is 926. The zero-order valence-corrected chi connectivity index (χ0v) is 15.6. The number of ether oxygens (including phenoxy) is 1. The Morgan fingerprint density at radius 3 is 2.77 bits per heavy atom. The molecule has 0 spiro atoms. The molecule has 0 aliphatic rings. The lowest BCUT2D eigenvalue weighted by molar-refractivity contribution is 0.251. The van der Waals surface area contributed by atoms with E-state index in [4.69, 9.17) is 4.74 Å². The topological polar surface area (TPSA) is 84.0 Å². The van der Waals surface area contributed by atoms with Crippen molar-refractivity contribution in [1.82, 2.24) is 20.1 Å². The highest BCUT2D eigenvalue weighted by Crippen LogP contribution is 2.22. The Hall–Kier alpha value is -2.96. The van der Waals surface area contributed by atoms with Crippen LogP contribution in [0.3, 0.4) is 0 Å². The monoisotopic (exact) mass is 355 g/mol. The lowest BCUT2D eigenvalue weighted by Gasteiger charge is -2.09. The largest absolute Gasteiger partial charge is 0.497 e. The normalized spacial score (nSPS) is 10.9. The number of aromatic amines is 1. The minimum absolute atomic E-state index is 0.249. The van der Waals surface area contributed by atoms with E-state index in [1.54, 1.807) is 11.8 Å². The summed E-state index contributed by atoms with van der Waals surface area (Å²) in [6.45, 7) is 4.54. The van der Waals surface area contributed by atoms with Crippen LogP contribution in [-0.2, 0) is 26.4 Å². The number of aryl methyl sites for hydroxylation is 2. The Morgan fingerprint density at radius 1 is 1.27 bits per heavy atom. The summed E-state index contributed by atoms with van der Waals surface area (Å²) in [6, 6.07) is 7.59. The van der Waals surface area contributed by atoms with E-state index in [9.17, 15) is 4.79 Å². The third-order valence-corrected chi connectivity index (χ3v) is 4.47. The minimum Gasteiger partial charge on any atom is -0.497 e. The number of hydrogen-bond donors (Lipinski definition) is 3. The number of benzene rings is 1. The third-order valence-electron chi connectivity index (χ3n) is 4.47. The van der Waals surface area contributed by atoms with Crippen LogP contribution in [0, 0.1) is 0 Å². The smallest absolute Gasteiger partial charge is 0.320 e. The summed E-state index contributed by atoms with van der Waals surface area (Å²) in [4.78, 5) is 15.6. The molecule has 138 valence electrons. The Morgan fingerprint density at radius 2 is 2.08 bits per heavy atom. The molecule has 0 atom stereocenters. The lowest BCUT2D eigenvalue weighted by Crippen LogP contribution is -2.29. The van der Waals surface area contributed by atoms with Gasteiger partial charge in [-0.15, -0.1) is 0 Å². The summed E-state index contributed by atoms with van der Waals surface area (Å²) in [6.07, 6.45) is 1.68. The molecule has 26 heavy (non-hydrogen) atoms. The van der Waals surface area contributed by atoms with Crippen LogP contribution in [0.4, 0.5) is 10.6 Å². The van der Waals surface area contributed by atoms with E-state index in [0.29, 0.717) is 6.54 Å². The Labute approximate surface area is 152 Å². The molecule has 7 heteroatoms. The van der Waals surface area contributed by atoms with Gasteiger partial charge in [0.05, 0.1) is 19.3 Å². The fraction of sp³-hybridized carbons (Fsp3) is 0.368. The van der Waals surface area contributed by atoms with Gasteiger partial charge in [0.1, 0.15) is 11.6 Å². The first kappa shape index (κ1) is 17.8. The van der Waals surface area contributed by atoms with Gasteiger partial charge in [0.15, 0.2) is 0 Å². The molecule has 1 aromatic carbocycles. The van der Waals surface area contributed by atoms with E-state index < -0.39 is 0 Å². The number of carbonyl (C=O) groups excluding carboxylic acids is 1. The number of anilines is 1. The molecule has 0 saturated carbocycles. The molecule has 0 bridgehead atoms. The van der Waals surface area contributed by atoms with Crippen molar-refractivity contribution in [3.63, 3.8) is 0 Å². The van der Waals surface area contributed by atoms with Crippen LogP contribution >= 0.6 is 0 Å². The Kier molecular flexibility index (Phi) is 5.16. The van der Waals surface area contributed by atoms with Crippen molar-refractivity contribution in [2.24, 2.45) is 7.05 Å². The van der Waals surface area contributed by atoms with Crippen LogP contribution < -0.4 is 15.4 Å². The van der Waals surface area contributed by atoms with Crippen LogP contribution in [0.15, 0.2) is 24.3 Å². The van der Waals surface area contributed by atoms with E-state index in [-0.39, 0.29) is 6.03 Å². The van der Waals surface area contributed by atoms with Crippen LogP contribution in [0.1, 0.15) is 30.8 Å². The maximum absolute atomic E-state index is 12.3. The molecule has 0 aliphatic heterocycles. The molecule has 0 saturated heterocycles. The number of carbonyl (C=O) groups is 1. The number of rotatable bonds is 6. The molecule has 0 radical (unpaired) electrons. The molecular weight excluding hydrogens is 330 g/mol. The second-order valence-corrected chi connectivity index (χ2v) is 6.16. The van der Waals surface area contributed by atoms with E-state index >= 15 is 0 Å². The number of hydrogen-bond acceptors (Lipinski definition) is 3. The fourth-order valence-electron chi connectivity index (χ4n) is 3.16. The van der Waals surface area contributed by atoms with Gasteiger partial charge >= 0.3 is 6.03 Å². The maximum atomic E-state index is 12.3. The van der Waals surface area contributed by atoms with Gasteiger partial charge < -0.3 is 15.0 Å². The molecule has 0 aliphatic carbocycles. The van der Waals surface area contributed by atoms with E-state index in [2.05, 4.69) is 34.6 Å². The molecule has 3 rings (SSSR count). The van der Waals surface area contributed by atoms with Crippen molar-refractivity contribution in [2.75, 3.05) is 12.4 Å². The van der Waals surface area contributed by atoms with E-state index in [0.717, 1.165) is 52.3 Å². The number of aromatic nitrogens is 3. The number of fused-ring (bicyclic) bond motifs is 1. The van der Waals surface area contributed by atoms with Gasteiger partial charge in [-0.05, 0) is 37.1 Å². The minimum atomic E-state index is -0.249. The summed E-state index contributed by atoms with van der Waals surface area (Å²) >= 11 is 0. The fourth-order valence-corrected chi connectivity index (χ4v) is 3.16. The predicted molar refractivity (Wildman–Crippen MR) is 103 cm³/mol. The number of H-pyrrole nitrogens is 1. The van der Waals surface area contributed by atoms with Crippen LogP contribution in [-0.4, -0.2) is 27.9 Å². The molecule has 0 unspecified atom stereocenters. The zero-order chi connectivity index (χ0) is 18.7. The molecule has 2 heterocycles. The molecule has 3 N–H and O–H groups in total. The number of methoxy groups -OCH3 is 1. The quantitative estimate of drug-likeness (QED) is 0.634. The van der Waals surface area contributed by atoms with Gasteiger partial charge in [-0.1, -0.05) is 13.8 Å². The SMILES string of the molecule is CCc1nn(C)c(NC(=O)NCc2cc3cc(OC)ccc3[nH]2)c1CC. The van der Waals surface area contributed by atoms with Gasteiger partial charge in [-0.25, -0.2) is 4.79 Å².